The summed E-state index contributed by atoms with van der Waals surface area (Å²) in [6.07, 6.45) is 3.05. The predicted octanol–water partition coefficient (Wildman–Crippen LogP) is 1.59. The third kappa shape index (κ3) is 5.19. The van der Waals surface area contributed by atoms with Crippen LogP contribution in [0.15, 0.2) is 24.3 Å². The van der Waals surface area contributed by atoms with Gasteiger partial charge >= 0.3 is 0 Å². The molecule has 2 N–H and O–H groups in total. The molecule has 5 heteroatoms. The summed E-state index contributed by atoms with van der Waals surface area (Å²) in [4.78, 5) is 0. The van der Waals surface area contributed by atoms with Gasteiger partial charge in [-0.25, -0.2) is 0 Å². The molecule has 21 heavy (non-hydrogen) atoms. The molecule has 3 unspecified atom stereocenters. The van der Waals surface area contributed by atoms with E-state index in [-0.39, 0.29) is 6.61 Å². The first kappa shape index (κ1) is 16.1. The molecule has 1 fully saturated rings. The summed E-state index contributed by atoms with van der Waals surface area (Å²) in [7, 11) is 3.38. The van der Waals surface area contributed by atoms with Gasteiger partial charge in [0, 0.05) is 19.7 Å². The number of hydrogen-bond acceptors (Lipinski definition) is 5. The number of aliphatic hydroxyl groups is 1. The molecule has 0 amide bonds. The van der Waals surface area contributed by atoms with Crippen LogP contribution in [0.3, 0.4) is 0 Å². The second kappa shape index (κ2) is 8.22. The van der Waals surface area contributed by atoms with Crippen molar-refractivity contribution >= 4 is 0 Å². The Bertz CT molecular complexity index is 409. The van der Waals surface area contributed by atoms with E-state index in [4.69, 9.17) is 14.2 Å². The largest absolute Gasteiger partial charge is 0.497 e. The molecule has 2 rings (SSSR count). The van der Waals surface area contributed by atoms with E-state index >= 15 is 0 Å². The molecule has 0 heterocycles. The predicted molar refractivity (Wildman–Crippen MR) is 80.9 cm³/mol. The number of hydrogen-bond donors (Lipinski definition) is 2. The van der Waals surface area contributed by atoms with Crippen LogP contribution >= 0.6 is 0 Å². The molecule has 0 spiro atoms. The minimum atomic E-state index is -0.520. The Morgan fingerprint density at radius 2 is 1.90 bits per heavy atom. The molecule has 5 nitrogen and oxygen atoms in total. The van der Waals surface area contributed by atoms with Gasteiger partial charge in [-0.05, 0) is 43.5 Å². The van der Waals surface area contributed by atoms with Crippen molar-refractivity contribution in [3.63, 3.8) is 0 Å². The first-order valence-electron chi connectivity index (χ1n) is 7.42. The SMILES string of the molecule is COc1ccc(OCC(O)CNC2CCC(OC)C2)cc1. The average Bonchev–Trinajstić information content (AvgIpc) is 2.99. The van der Waals surface area contributed by atoms with Gasteiger partial charge < -0.3 is 24.6 Å². The summed E-state index contributed by atoms with van der Waals surface area (Å²) < 4.78 is 16.0. The molecule has 1 aliphatic rings. The van der Waals surface area contributed by atoms with Crippen LogP contribution in [-0.2, 0) is 4.74 Å². The second-order valence-electron chi connectivity index (χ2n) is 5.42. The Hall–Kier alpha value is -1.30. The van der Waals surface area contributed by atoms with Gasteiger partial charge in [-0.1, -0.05) is 0 Å². The zero-order chi connectivity index (χ0) is 15.1. The number of aliphatic hydroxyl groups excluding tert-OH is 1. The van der Waals surface area contributed by atoms with Crippen LogP contribution in [0, 0.1) is 0 Å². The number of methoxy groups -OCH3 is 2. The van der Waals surface area contributed by atoms with E-state index in [2.05, 4.69) is 5.32 Å². The minimum Gasteiger partial charge on any atom is -0.497 e. The monoisotopic (exact) mass is 295 g/mol. The van der Waals surface area contributed by atoms with Crippen molar-refractivity contribution in [2.24, 2.45) is 0 Å². The summed E-state index contributed by atoms with van der Waals surface area (Å²) in [5, 5.41) is 13.3. The minimum absolute atomic E-state index is 0.278. The van der Waals surface area contributed by atoms with Gasteiger partial charge in [0.1, 0.15) is 24.2 Å². The molecule has 0 saturated heterocycles. The van der Waals surface area contributed by atoms with E-state index < -0.39 is 6.10 Å². The Kier molecular flexibility index (Phi) is 6.29. The maximum Gasteiger partial charge on any atom is 0.119 e. The van der Waals surface area contributed by atoms with Crippen LogP contribution in [0.1, 0.15) is 19.3 Å². The van der Waals surface area contributed by atoms with Crippen molar-refractivity contribution in [3.05, 3.63) is 24.3 Å². The molecule has 118 valence electrons. The fraction of sp³-hybridized carbons (Fsp3) is 0.625. The maximum atomic E-state index is 9.95. The highest BCUT2D eigenvalue weighted by molar-refractivity contribution is 5.31. The molecular weight excluding hydrogens is 270 g/mol. The van der Waals surface area contributed by atoms with E-state index in [9.17, 15) is 5.11 Å². The van der Waals surface area contributed by atoms with Crippen molar-refractivity contribution in [2.45, 2.75) is 37.5 Å². The van der Waals surface area contributed by atoms with E-state index in [1.807, 2.05) is 24.3 Å². The first-order chi connectivity index (χ1) is 10.2. The number of benzene rings is 1. The van der Waals surface area contributed by atoms with E-state index in [1.54, 1.807) is 14.2 Å². The molecular formula is C16H25NO4. The zero-order valence-electron chi connectivity index (χ0n) is 12.7. The van der Waals surface area contributed by atoms with E-state index in [1.165, 1.54) is 0 Å². The lowest BCUT2D eigenvalue weighted by Gasteiger charge is -2.17. The van der Waals surface area contributed by atoms with E-state index in [0.717, 1.165) is 30.8 Å². The van der Waals surface area contributed by atoms with Gasteiger partial charge in [-0.3, -0.25) is 0 Å². The topological polar surface area (TPSA) is 60.0 Å². The first-order valence-corrected chi connectivity index (χ1v) is 7.42. The quantitative estimate of drug-likeness (QED) is 0.763. The third-order valence-electron chi connectivity index (χ3n) is 3.86. The molecule has 3 atom stereocenters. The molecule has 0 radical (unpaired) electrons. The van der Waals surface area contributed by atoms with Crippen molar-refractivity contribution in [2.75, 3.05) is 27.4 Å². The third-order valence-corrected chi connectivity index (χ3v) is 3.86. The van der Waals surface area contributed by atoms with Gasteiger partial charge in [-0.2, -0.15) is 0 Å². The van der Waals surface area contributed by atoms with Crippen LogP contribution < -0.4 is 14.8 Å². The van der Waals surface area contributed by atoms with Gasteiger partial charge in [-0.15, -0.1) is 0 Å². The average molecular weight is 295 g/mol. The summed E-state index contributed by atoms with van der Waals surface area (Å²) in [5.41, 5.74) is 0. The smallest absolute Gasteiger partial charge is 0.119 e. The highest BCUT2D eigenvalue weighted by Crippen LogP contribution is 2.21. The zero-order valence-corrected chi connectivity index (χ0v) is 12.7. The van der Waals surface area contributed by atoms with E-state index in [0.29, 0.717) is 18.7 Å². The van der Waals surface area contributed by atoms with Gasteiger partial charge in [0.25, 0.3) is 0 Å². The summed E-state index contributed by atoms with van der Waals surface area (Å²) in [6.45, 7) is 0.816. The van der Waals surface area contributed by atoms with Crippen LogP contribution in [0.5, 0.6) is 11.5 Å². The van der Waals surface area contributed by atoms with Crippen molar-refractivity contribution < 1.29 is 19.3 Å². The second-order valence-corrected chi connectivity index (χ2v) is 5.42. The molecule has 1 aromatic carbocycles. The Morgan fingerprint density at radius 3 is 2.52 bits per heavy atom. The molecule has 0 aromatic heterocycles. The van der Waals surface area contributed by atoms with Gasteiger partial charge in [0.05, 0.1) is 13.2 Å². The van der Waals surface area contributed by atoms with Gasteiger partial charge in [0.15, 0.2) is 0 Å². The standard InChI is InChI=1S/C16H25NO4/c1-19-14-5-7-15(8-6-14)21-11-13(18)10-17-12-3-4-16(9-12)20-2/h5-8,12-13,16-18H,3-4,9-11H2,1-2H3. The Labute approximate surface area is 126 Å². The fourth-order valence-electron chi connectivity index (χ4n) is 2.57. The number of nitrogens with one attached hydrogen (secondary N) is 1. The fourth-order valence-corrected chi connectivity index (χ4v) is 2.57. The maximum absolute atomic E-state index is 9.95. The summed E-state index contributed by atoms with van der Waals surface area (Å²) in [6, 6.07) is 7.77. The lowest BCUT2D eigenvalue weighted by atomic mass is 10.2. The van der Waals surface area contributed by atoms with Crippen molar-refractivity contribution in [1.29, 1.82) is 0 Å². The van der Waals surface area contributed by atoms with Gasteiger partial charge in [0.2, 0.25) is 0 Å². The molecule has 1 saturated carbocycles. The number of ether oxygens (including phenoxy) is 3. The normalized spacial score (nSPS) is 23.0. The highest BCUT2D eigenvalue weighted by atomic mass is 16.5. The van der Waals surface area contributed by atoms with Crippen molar-refractivity contribution in [1.82, 2.24) is 5.32 Å². The lowest BCUT2D eigenvalue weighted by Crippen LogP contribution is -2.37. The van der Waals surface area contributed by atoms with Crippen LogP contribution in [-0.4, -0.2) is 50.7 Å². The molecule has 0 aliphatic heterocycles. The van der Waals surface area contributed by atoms with Crippen LogP contribution in [0.25, 0.3) is 0 Å². The Morgan fingerprint density at radius 1 is 1.19 bits per heavy atom. The highest BCUT2D eigenvalue weighted by Gasteiger charge is 2.24. The van der Waals surface area contributed by atoms with Crippen LogP contribution in [0.2, 0.25) is 0 Å². The van der Waals surface area contributed by atoms with Crippen LogP contribution in [0.4, 0.5) is 0 Å². The molecule has 1 aromatic rings. The summed E-state index contributed by atoms with van der Waals surface area (Å²) >= 11 is 0. The lowest BCUT2D eigenvalue weighted by molar-refractivity contribution is 0.0966. The molecule has 0 bridgehead atoms. The molecule has 1 aliphatic carbocycles. The van der Waals surface area contributed by atoms with Crippen molar-refractivity contribution in [3.8, 4) is 11.5 Å². The Balaban J connectivity index is 1.64. The number of rotatable bonds is 8. The summed E-state index contributed by atoms with van der Waals surface area (Å²) in [5.74, 6) is 1.52.